The van der Waals surface area contributed by atoms with E-state index in [1.165, 1.54) is 11.3 Å². The van der Waals surface area contributed by atoms with E-state index in [0.717, 1.165) is 11.3 Å². The van der Waals surface area contributed by atoms with Gasteiger partial charge in [-0.1, -0.05) is 18.1 Å². The zero-order valence-corrected chi connectivity index (χ0v) is 15.5. The van der Waals surface area contributed by atoms with E-state index < -0.39 is 5.41 Å². The van der Waals surface area contributed by atoms with Gasteiger partial charge in [0.25, 0.3) is 0 Å². The topological polar surface area (TPSA) is 74.7 Å². The van der Waals surface area contributed by atoms with Crippen LogP contribution >= 0.6 is 11.3 Å². The number of aliphatic hydroxyl groups is 1. The summed E-state index contributed by atoms with van der Waals surface area (Å²) in [6.07, 6.45) is 5.83. The highest BCUT2D eigenvalue weighted by molar-refractivity contribution is 7.14. The number of benzene rings is 1. The minimum absolute atomic E-state index is 0.105. The predicted octanol–water partition coefficient (Wildman–Crippen LogP) is 2.55. The monoisotopic (exact) mass is 371 g/mol. The van der Waals surface area contributed by atoms with Crippen LogP contribution in [-0.2, 0) is 5.41 Å². The molecule has 1 aliphatic rings. The van der Waals surface area contributed by atoms with Gasteiger partial charge >= 0.3 is 6.03 Å². The Hall–Kier alpha value is -2.56. The van der Waals surface area contributed by atoms with Gasteiger partial charge in [-0.3, -0.25) is 5.32 Å². The molecule has 1 atom stereocenters. The molecule has 136 valence electrons. The third-order valence-electron chi connectivity index (χ3n) is 4.69. The molecule has 0 aliphatic carbocycles. The van der Waals surface area contributed by atoms with Crippen LogP contribution in [0.5, 0.6) is 5.75 Å². The Labute approximate surface area is 156 Å². The lowest BCUT2D eigenvalue weighted by atomic mass is 9.81. The van der Waals surface area contributed by atoms with Gasteiger partial charge in [0.05, 0.1) is 18.2 Å². The first kappa shape index (κ1) is 18.2. The third kappa shape index (κ3) is 3.39. The van der Waals surface area contributed by atoms with Gasteiger partial charge < -0.3 is 14.7 Å². The van der Waals surface area contributed by atoms with Crippen LogP contribution in [-0.4, -0.2) is 47.8 Å². The smallest absolute Gasteiger partial charge is 0.323 e. The van der Waals surface area contributed by atoms with Gasteiger partial charge in [0.2, 0.25) is 0 Å². The molecule has 26 heavy (non-hydrogen) atoms. The number of amides is 2. The first-order chi connectivity index (χ1) is 12.5. The number of urea groups is 1. The number of nitrogens with zero attached hydrogens (tertiary/aromatic N) is 2. The minimum atomic E-state index is -0.704. The Bertz CT molecular complexity index is 821. The second kappa shape index (κ2) is 7.36. The van der Waals surface area contributed by atoms with Gasteiger partial charge in [0, 0.05) is 31.0 Å². The zero-order valence-electron chi connectivity index (χ0n) is 14.7. The number of carbonyl (C=O) groups excluding carboxylic acids is 1. The number of hydrogen-bond donors (Lipinski definition) is 2. The number of aromatic nitrogens is 1. The van der Waals surface area contributed by atoms with Crippen molar-refractivity contribution in [3.05, 3.63) is 40.9 Å². The highest BCUT2D eigenvalue weighted by atomic mass is 32.1. The lowest BCUT2D eigenvalue weighted by Crippen LogP contribution is -2.52. The van der Waals surface area contributed by atoms with E-state index in [0.29, 0.717) is 23.9 Å². The average Bonchev–Trinajstić information content (AvgIpc) is 3.09. The number of terminal acetylenes is 1. The Morgan fingerprint density at radius 1 is 1.50 bits per heavy atom. The van der Waals surface area contributed by atoms with Crippen molar-refractivity contribution < 1.29 is 14.6 Å². The van der Waals surface area contributed by atoms with E-state index in [1.807, 2.05) is 36.6 Å². The normalized spacial score (nSPS) is 16.3. The largest absolute Gasteiger partial charge is 0.497 e. The number of methoxy groups -OCH3 is 1. The van der Waals surface area contributed by atoms with Crippen molar-refractivity contribution in [1.29, 1.82) is 0 Å². The second-order valence-electron chi connectivity index (χ2n) is 6.42. The summed E-state index contributed by atoms with van der Waals surface area (Å²) in [6.45, 7) is 3.16. The molecule has 2 N–H and O–H groups in total. The SMILES string of the molecule is C#C[C@](C)(c1ccc(OC)cc1)c1csc(NC(=O)N2CC(CO)C2)n1. The van der Waals surface area contributed by atoms with Crippen molar-refractivity contribution in [1.82, 2.24) is 9.88 Å². The van der Waals surface area contributed by atoms with E-state index in [2.05, 4.69) is 16.2 Å². The number of anilines is 1. The molecule has 2 aromatic rings. The number of rotatable bonds is 5. The van der Waals surface area contributed by atoms with Crippen LogP contribution in [0.2, 0.25) is 0 Å². The molecule has 0 saturated carbocycles. The van der Waals surface area contributed by atoms with Crippen molar-refractivity contribution in [2.75, 3.05) is 32.1 Å². The van der Waals surface area contributed by atoms with E-state index in [1.54, 1.807) is 12.0 Å². The number of carbonyl (C=O) groups is 1. The molecule has 6 nitrogen and oxygen atoms in total. The molecule has 1 fully saturated rings. The van der Waals surface area contributed by atoms with Crippen molar-refractivity contribution in [2.24, 2.45) is 5.92 Å². The van der Waals surface area contributed by atoms with Gasteiger partial charge in [-0.2, -0.15) is 0 Å². The molecule has 1 saturated heterocycles. The molecule has 1 aromatic heterocycles. The van der Waals surface area contributed by atoms with Crippen molar-refractivity contribution in [2.45, 2.75) is 12.3 Å². The number of nitrogens with one attached hydrogen (secondary N) is 1. The lowest BCUT2D eigenvalue weighted by molar-refractivity contribution is 0.0838. The Morgan fingerprint density at radius 2 is 2.19 bits per heavy atom. The van der Waals surface area contributed by atoms with E-state index in [4.69, 9.17) is 16.3 Å². The van der Waals surface area contributed by atoms with Crippen LogP contribution in [0.3, 0.4) is 0 Å². The van der Waals surface area contributed by atoms with Crippen LogP contribution in [0.25, 0.3) is 0 Å². The zero-order chi connectivity index (χ0) is 18.7. The van der Waals surface area contributed by atoms with Crippen LogP contribution < -0.4 is 10.1 Å². The highest BCUT2D eigenvalue weighted by Crippen LogP contribution is 2.34. The van der Waals surface area contributed by atoms with Gasteiger partial charge in [-0.05, 0) is 24.6 Å². The molecular formula is C19H21N3O3S. The molecule has 2 heterocycles. The summed E-state index contributed by atoms with van der Waals surface area (Å²) in [5.74, 6) is 3.76. The molecule has 0 unspecified atom stereocenters. The standard InChI is InChI=1S/C19H21N3O3S/c1-4-19(2,14-5-7-15(25-3)8-6-14)16-12-26-17(20-16)21-18(24)22-9-13(10-22)11-23/h1,5-8,12-13,23H,9-11H2,2-3H3,(H,20,21,24)/t19-/m1/s1. The molecule has 1 aromatic carbocycles. The average molecular weight is 371 g/mol. The summed E-state index contributed by atoms with van der Waals surface area (Å²) in [5.41, 5.74) is 0.935. The molecule has 1 aliphatic heterocycles. The quantitative estimate of drug-likeness (QED) is 0.792. The Kier molecular flexibility index (Phi) is 5.16. The molecule has 0 radical (unpaired) electrons. The van der Waals surface area contributed by atoms with E-state index >= 15 is 0 Å². The number of ether oxygens (including phenoxy) is 1. The maximum Gasteiger partial charge on any atom is 0.323 e. The highest BCUT2D eigenvalue weighted by Gasteiger charge is 2.32. The number of aliphatic hydroxyl groups excluding tert-OH is 1. The van der Waals surface area contributed by atoms with Crippen molar-refractivity contribution in [3.8, 4) is 18.1 Å². The van der Waals surface area contributed by atoms with E-state index in [-0.39, 0.29) is 18.6 Å². The second-order valence-corrected chi connectivity index (χ2v) is 7.28. The van der Waals surface area contributed by atoms with Crippen LogP contribution in [0.1, 0.15) is 18.2 Å². The number of thiazole rings is 1. The molecular weight excluding hydrogens is 350 g/mol. The first-order valence-corrected chi connectivity index (χ1v) is 9.13. The summed E-state index contributed by atoms with van der Waals surface area (Å²) in [6, 6.07) is 7.36. The summed E-state index contributed by atoms with van der Waals surface area (Å²) >= 11 is 1.34. The van der Waals surface area contributed by atoms with Gasteiger partial charge in [0.1, 0.15) is 5.75 Å². The van der Waals surface area contributed by atoms with Crippen molar-refractivity contribution >= 4 is 22.5 Å². The van der Waals surface area contributed by atoms with Crippen LogP contribution in [0.15, 0.2) is 29.6 Å². The fraction of sp³-hybridized carbons (Fsp3) is 0.368. The van der Waals surface area contributed by atoms with Crippen molar-refractivity contribution in [3.63, 3.8) is 0 Å². The van der Waals surface area contributed by atoms with Gasteiger partial charge in [-0.15, -0.1) is 17.8 Å². The van der Waals surface area contributed by atoms with Crippen LogP contribution in [0, 0.1) is 18.3 Å². The molecule has 0 spiro atoms. The summed E-state index contributed by atoms with van der Waals surface area (Å²) in [5, 5.41) is 14.2. The van der Waals surface area contributed by atoms with Crippen LogP contribution in [0.4, 0.5) is 9.93 Å². The maximum atomic E-state index is 12.2. The fourth-order valence-corrected chi connectivity index (χ4v) is 3.62. The number of likely N-dealkylation sites (tertiary alicyclic amines) is 1. The first-order valence-electron chi connectivity index (χ1n) is 8.25. The lowest BCUT2D eigenvalue weighted by Gasteiger charge is -2.37. The molecule has 3 rings (SSSR count). The predicted molar refractivity (Wildman–Crippen MR) is 102 cm³/mol. The van der Waals surface area contributed by atoms with Gasteiger partial charge in [0.15, 0.2) is 5.13 Å². The Morgan fingerprint density at radius 3 is 2.77 bits per heavy atom. The summed E-state index contributed by atoms with van der Waals surface area (Å²) in [4.78, 5) is 18.3. The van der Waals surface area contributed by atoms with Gasteiger partial charge in [-0.25, -0.2) is 9.78 Å². The third-order valence-corrected chi connectivity index (χ3v) is 5.45. The summed E-state index contributed by atoms with van der Waals surface area (Å²) in [7, 11) is 1.62. The molecule has 0 bridgehead atoms. The minimum Gasteiger partial charge on any atom is -0.497 e. The molecule has 7 heteroatoms. The Balaban J connectivity index is 1.74. The number of hydrogen-bond acceptors (Lipinski definition) is 5. The fourth-order valence-electron chi connectivity index (χ4n) is 2.81. The van der Waals surface area contributed by atoms with E-state index in [9.17, 15) is 4.79 Å². The maximum absolute atomic E-state index is 12.2. The molecule has 2 amide bonds. The summed E-state index contributed by atoms with van der Waals surface area (Å²) < 4.78 is 5.19.